The summed E-state index contributed by atoms with van der Waals surface area (Å²) in [5, 5.41) is 23.4. The summed E-state index contributed by atoms with van der Waals surface area (Å²) in [6.07, 6.45) is -0.293. The van der Waals surface area contributed by atoms with Crippen molar-refractivity contribution in [2.75, 3.05) is 38.4 Å². The molecule has 16 heteroatoms. The van der Waals surface area contributed by atoms with Gasteiger partial charge in [-0.1, -0.05) is 41.7 Å². The lowest BCUT2D eigenvalue weighted by atomic mass is 10.1. The van der Waals surface area contributed by atoms with Crippen molar-refractivity contribution in [3.63, 3.8) is 0 Å². The molecule has 0 spiro atoms. The van der Waals surface area contributed by atoms with Crippen molar-refractivity contribution in [2.24, 2.45) is 0 Å². The van der Waals surface area contributed by atoms with E-state index in [1.807, 2.05) is 30.3 Å². The molecule has 1 unspecified atom stereocenters. The highest BCUT2D eigenvalue weighted by atomic mass is 32.7. The Morgan fingerprint density at radius 3 is 2.77 bits per heavy atom. The molecule has 1 aromatic carbocycles. The standard InChI is InChI=1S/C23H31N6O8PS/c1-14(15-7-5-4-6-8-15)37-20(31)16-11-39-38(33,28-16)36-10-9-35-21(23(2,32)12-30)29-13-25-17-18(29)26-22(24)27-19(17)34-3/h4-8,13-14,16,21,30,32H,9-12H2,1-3H3,(H,28,33)(H2,24,26,27)/t14-,16-,21+,23+,38?/m0/s1. The van der Waals surface area contributed by atoms with Crippen LogP contribution < -0.4 is 15.6 Å². The number of rotatable bonds is 12. The smallest absolute Gasteiger partial charge is 0.327 e. The quantitative estimate of drug-likeness (QED) is 0.137. The second-order valence-corrected chi connectivity index (χ2v) is 13.3. The molecule has 1 aliphatic heterocycles. The van der Waals surface area contributed by atoms with Crippen LogP contribution in [0, 0.1) is 0 Å². The summed E-state index contributed by atoms with van der Waals surface area (Å²) in [6.45, 7) is -1.22. The molecule has 1 saturated heterocycles. The number of ether oxygens (including phenoxy) is 3. The molecule has 0 radical (unpaired) electrons. The molecule has 5 N–H and O–H groups in total. The molecule has 39 heavy (non-hydrogen) atoms. The number of carbonyl (C=O) groups is 1. The Kier molecular flexibility index (Phi) is 9.11. The number of carbonyl (C=O) groups excluding carboxylic acids is 1. The fourth-order valence-electron chi connectivity index (χ4n) is 3.86. The van der Waals surface area contributed by atoms with Crippen molar-refractivity contribution in [2.45, 2.75) is 37.8 Å². The Morgan fingerprint density at radius 1 is 1.33 bits per heavy atom. The maximum absolute atomic E-state index is 13.1. The minimum Gasteiger partial charge on any atom is -0.479 e. The van der Waals surface area contributed by atoms with Gasteiger partial charge in [0.25, 0.3) is 0 Å². The molecule has 4 rings (SSSR count). The molecule has 3 heterocycles. The highest BCUT2D eigenvalue weighted by molar-refractivity contribution is 8.56. The first-order valence-electron chi connectivity index (χ1n) is 12.0. The number of hydrogen-bond acceptors (Lipinski definition) is 13. The zero-order valence-electron chi connectivity index (χ0n) is 21.6. The Hall–Kier alpha value is -2.78. The molecular weight excluding hydrogens is 551 g/mol. The number of nitrogen functional groups attached to an aromatic ring is 1. The lowest BCUT2D eigenvalue weighted by Crippen LogP contribution is -2.42. The van der Waals surface area contributed by atoms with Crippen molar-refractivity contribution in [3.05, 3.63) is 42.2 Å². The summed E-state index contributed by atoms with van der Waals surface area (Å²) in [6, 6.07) is 8.50. The second kappa shape index (κ2) is 12.2. The summed E-state index contributed by atoms with van der Waals surface area (Å²) in [5.41, 5.74) is 5.35. The maximum atomic E-state index is 13.1. The lowest BCUT2D eigenvalue weighted by molar-refractivity contribution is -0.158. The average molecular weight is 583 g/mol. The number of nitrogens with zero attached hydrogens (tertiary/aromatic N) is 4. The molecule has 5 atom stereocenters. The highest BCUT2D eigenvalue weighted by Crippen LogP contribution is 2.60. The van der Waals surface area contributed by atoms with Crippen LogP contribution in [0.2, 0.25) is 0 Å². The number of methoxy groups -OCH3 is 1. The first kappa shape index (κ1) is 29.2. The first-order chi connectivity index (χ1) is 18.6. The van der Waals surface area contributed by atoms with Crippen LogP contribution in [-0.2, 0) is 23.4 Å². The summed E-state index contributed by atoms with van der Waals surface area (Å²) in [4.78, 5) is 25.0. The van der Waals surface area contributed by atoms with Crippen molar-refractivity contribution >= 4 is 41.2 Å². The number of aliphatic hydroxyl groups excluding tert-OH is 1. The lowest BCUT2D eigenvalue weighted by Gasteiger charge is -2.32. The van der Waals surface area contributed by atoms with Crippen LogP contribution in [0.25, 0.3) is 11.2 Å². The Bertz CT molecular complexity index is 1340. The van der Waals surface area contributed by atoms with Crippen LogP contribution in [-0.4, -0.2) is 80.0 Å². The number of imidazole rings is 1. The third-order valence-electron chi connectivity index (χ3n) is 5.90. The minimum absolute atomic E-state index is 0.0829. The summed E-state index contributed by atoms with van der Waals surface area (Å²) in [7, 11) is 1.40. The SMILES string of the molecule is COc1nc(N)nc2c1ncn2[C@H](OCCOP1(=O)N[C@H](C(=O)O[C@@H](C)c2ccccc2)CS1)[C@](C)(O)CO. The molecule has 212 valence electrons. The molecule has 0 saturated carbocycles. The van der Waals surface area contributed by atoms with Crippen molar-refractivity contribution in [1.29, 1.82) is 0 Å². The van der Waals surface area contributed by atoms with E-state index in [2.05, 4.69) is 20.0 Å². The van der Waals surface area contributed by atoms with E-state index in [-0.39, 0.29) is 42.0 Å². The molecule has 0 bridgehead atoms. The van der Waals surface area contributed by atoms with E-state index in [4.69, 9.17) is 24.5 Å². The van der Waals surface area contributed by atoms with Gasteiger partial charge >= 0.3 is 12.7 Å². The van der Waals surface area contributed by atoms with Gasteiger partial charge < -0.3 is 34.7 Å². The molecule has 2 aromatic heterocycles. The number of nitrogens with one attached hydrogen (secondary N) is 1. The normalized spacial score (nSPS) is 22.3. The fraction of sp³-hybridized carbons (Fsp3) is 0.478. The minimum atomic E-state index is -3.42. The number of nitrogens with two attached hydrogens (primary N) is 1. The molecule has 0 amide bonds. The predicted molar refractivity (Wildman–Crippen MR) is 143 cm³/mol. The van der Waals surface area contributed by atoms with Crippen LogP contribution in [0.15, 0.2) is 36.7 Å². The maximum Gasteiger partial charge on any atom is 0.327 e. The summed E-state index contributed by atoms with van der Waals surface area (Å²) < 4.78 is 36.6. The van der Waals surface area contributed by atoms with Gasteiger partial charge in [0, 0.05) is 5.75 Å². The number of aromatic nitrogens is 4. The summed E-state index contributed by atoms with van der Waals surface area (Å²) in [5.74, 6) is -0.264. The third kappa shape index (κ3) is 6.69. The number of benzene rings is 1. The molecular formula is C23H31N6O8PS. The zero-order valence-corrected chi connectivity index (χ0v) is 23.3. The molecule has 14 nitrogen and oxygen atoms in total. The molecule has 1 fully saturated rings. The molecule has 0 aliphatic carbocycles. The van der Waals surface area contributed by atoms with Gasteiger partial charge in [-0.3, -0.25) is 13.9 Å². The van der Waals surface area contributed by atoms with Gasteiger partial charge in [0.15, 0.2) is 17.4 Å². The van der Waals surface area contributed by atoms with E-state index in [0.29, 0.717) is 0 Å². The number of anilines is 1. The van der Waals surface area contributed by atoms with E-state index in [1.165, 1.54) is 24.9 Å². The van der Waals surface area contributed by atoms with Gasteiger partial charge in [0.1, 0.15) is 17.7 Å². The number of fused-ring (bicyclic) bond motifs is 1. The van der Waals surface area contributed by atoms with Crippen molar-refractivity contribution < 1.29 is 38.3 Å². The van der Waals surface area contributed by atoms with Gasteiger partial charge in [-0.2, -0.15) is 9.97 Å². The number of esters is 1. The number of hydrogen-bond donors (Lipinski definition) is 4. The van der Waals surface area contributed by atoms with Gasteiger partial charge in [-0.25, -0.2) is 10.1 Å². The largest absolute Gasteiger partial charge is 0.479 e. The fourth-order valence-corrected chi connectivity index (χ4v) is 7.75. The molecule has 1 aliphatic rings. The van der Waals surface area contributed by atoms with Crippen molar-refractivity contribution in [3.8, 4) is 5.88 Å². The van der Waals surface area contributed by atoms with E-state index >= 15 is 0 Å². The monoisotopic (exact) mass is 582 g/mol. The average Bonchev–Trinajstić information content (AvgIpc) is 3.52. The van der Waals surface area contributed by atoms with Gasteiger partial charge in [-0.15, -0.1) is 0 Å². The number of aliphatic hydroxyl groups is 2. The summed E-state index contributed by atoms with van der Waals surface area (Å²) >= 11 is 0.995. The van der Waals surface area contributed by atoms with E-state index < -0.39 is 43.3 Å². The van der Waals surface area contributed by atoms with Gasteiger partial charge in [-0.05, 0) is 19.4 Å². The highest BCUT2D eigenvalue weighted by Gasteiger charge is 2.41. The Labute approximate surface area is 228 Å². The van der Waals surface area contributed by atoms with Crippen LogP contribution in [0.5, 0.6) is 5.88 Å². The van der Waals surface area contributed by atoms with Crippen LogP contribution >= 0.6 is 18.1 Å². The van der Waals surface area contributed by atoms with E-state index in [9.17, 15) is 19.6 Å². The van der Waals surface area contributed by atoms with Crippen LogP contribution in [0.4, 0.5) is 5.95 Å². The second-order valence-electron chi connectivity index (χ2n) is 8.95. The third-order valence-corrected chi connectivity index (χ3v) is 9.97. The molecule has 3 aromatic rings. The van der Waals surface area contributed by atoms with Crippen LogP contribution in [0.3, 0.4) is 0 Å². The van der Waals surface area contributed by atoms with Crippen LogP contribution in [0.1, 0.15) is 31.7 Å². The van der Waals surface area contributed by atoms with E-state index in [1.54, 1.807) is 6.92 Å². The van der Waals surface area contributed by atoms with Gasteiger partial charge in [0.2, 0.25) is 11.8 Å². The van der Waals surface area contributed by atoms with Gasteiger partial charge in [0.05, 0.1) is 33.3 Å². The van der Waals surface area contributed by atoms with Crippen molar-refractivity contribution in [1.82, 2.24) is 24.6 Å². The first-order valence-corrected chi connectivity index (χ1v) is 15.2. The predicted octanol–water partition coefficient (Wildman–Crippen LogP) is 1.81. The Balaban J connectivity index is 1.36. The Morgan fingerprint density at radius 2 is 2.08 bits per heavy atom. The zero-order chi connectivity index (χ0) is 28.2. The van der Waals surface area contributed by atoms with E-state index in [0.717, 1.165) is 16.9 Å². The topological polar surface area (TPSA) is 193 Å².